The largest absolute Gasteiger partial charge is 0.497 e. The van der Waals surface area contributed by atoms with Crippen LogP contribution in [0.5, 0.6) is 5.75 Å². The number of methoxy groups -OCH3 is 2. The summed E-state index contributed by atoms with van der Waals surface area (Å²) in [5, 5.41) is 13.9. The Kier molecular flexibility index (Phi) is 12.0. The van der Waals surface area contributed by atoms with Gasteiger partial charge in [0.25, 0.3) is 0 Å². The molecule has 0 saturated heterocycles. The van der Waals surface area contributed by atoms with Gasteiger partial charge < -0.3 is 24.6 Å². The number of aliphatic hydroxyl groups excluding tert-OH is 1. The molecule has 0 aliphatic rings. The van der Waals surface area contributed by atoms with Gasteiger partial charge in [0.15, 0.2) is 6.10 Å². The van der Waals surface area contributed by atoms with Gasteiger partial charge in [-0.05, 0) is 49.1 Å². The van der Waals surface area contributed by atoms with Crippen molar-refractivity contribution in [2.75, 3.05) is 27.3 Å². The number of rotatable bonds is 14. The lowest BCUT2D eigenvalue weighted by Crippen LogP contribution is -2.51. The van der Waals surface area contributed by atoms with E-state index in [0.29, 0.717) is 5.75 Å². The fourth-order valence-corrected chi connectivity index (χ4v) is 5.27. The lowest BCUT2D eigenvalue weighted by atomic mass is 10.0. The molecule has 0 saturated carbocycles. The van der Waals surface area contributed by atoms with E-state index in [1.54, 1.807) is 12.1 Å². The van der Waals surface area contributed by atoms with Crippen LogP contribution in [0.1, 0.15) is 32.8 Å². The molecule has 10 nitrogen and oxygen atoms in total. The molecule has 210 valence electrons. The molecule has 38 heavy (non-hydrogen) atoms. The molecule has 0 aliphatic heterocycles. The highest BCUT2D eigenvalue weighted by molar-refractivity contribution is 7.89. The molecule has 4 atom stereocenters. The van der Waals surface area contributed by atoms with Crippen molar-refractivity contribution in [1.82, 2.24) is 9.62 Å². The molecule has 0 unspecified atom stereocenters. The molecule has 2 rings (SSSR count). The summed E-state index contributed by atoms with van der Waals surface area (Å²) < 4.78 is 43.2. The highest BCUT2D eigenvalue weighted by Gasteiger charge is 2.32. The SMILES string of the molecule is CC[C@@H](C)CN(C[C@@H](O)[C@H](Cc1ccccc1)NC(=O)O[C@@H](C)C(=O)OC)S(=O)(=O)c1ccc(OC)cc1. The Hall–Kier alpha value is -3.15. The summed E-state index contributed by atoms with van der Waals surface area (Å²) >= 11 is 0. The first-order valence-electron chi connectivity index (χ1n) is 12.4. The van der Waals surface area contributed by atoms with Gasteiger partial charge in [-0.1, -0.05) is 50.6 Å². The Morgan fingerprint density at radius 3 is 2.18 bits per heavy atom. The Labute approximate surface area is 224 Å². The van der Waals surface area contributed by atoms with Crippen LogP contribution in [0.2, 0.25) is 0 Å². The highest BCUT2D eigenvalue weighted by Crippen LogP contribution is 2.22. The number of alkyl carbamates (subject to hydrolysis) is 1. The second-order valence-corrected chi connectivity index (χ2v) is 11.0. The molecule has 0 fully saturated rings. The maximum absolute atomic E-state index is 13.6. The van der Waals surface area contributed by atoms with Gasteiger partial charge in [-0.2, -0.15) is 4.31 Å². The first-order valence-corrected chi connectivity index (χ1v) is 13.9. The molecule has 2 N–H and O–H groups in total. The van der Waals surface area contributed by atoms with Crippen molar-refractivity contribution in [3.8, 4) is 5.75 Å². The van der Waals surface area contributed by atoms with E-state index in [-0.39, 0.29) is 30.3 Å². The Morgan fingerprint density at radius 2 is 1.63 bits per heavy atom. The zero-order valence-electron chi connectivity index (χ0n) is 22.5. The Morgan fingerprint density at radius 1 is 1.00 bits per heavy atom. The van der Waals surface area contributed by atoms with Gasteiger partial charge in [0.2, 0.25) is 10.0 Å². The maximum atomic E-state index is 13.6. The van der Waals surface area contributed by atoms with Crippen molar-refractivity contribution in [2.24, 2.45) is 5.92 Å². The molecule has 0 radical (unpaired) electrons. The van der Waals surface area contributed by atoms with Crippen molar-refractivity contribution in [1.29, 1.82) is 0 Å². The molecule has 2 aromatic carbocycles. The maximum Gasteiger partial charge on any atom is 0.408 e. The lowest BCUT2D eigenvalue weighted by molar-refractivity contribution is -0.149. The molecular formula is C27H38N2O8S. The number of sulfonamides is 1. The minimum atomic E-state index is -3.98. The quantitative estimate of drug-likeness (QED) is 0.343. The summed E-state index contributed by atoms with van der Waals surface area (Å²) in [5.74, 6) is -0.198. The Bertz CT molecular complexity index is 1130. The van der Waals surface area contributed by atoms with Gasteiger partial charge in [-0.25, -0.2) is 18.0 Å². The number of carbonyl (C=O) groups excluding carboxylic acids is 2. The van der Waals surface area contributed by atoms with Crippen LogP contribution in [-0.4, -0.2) is 75.5 Å². The van der Waals surface area contributed by atoms with Crippen LogP contribution in [0.15, 0.2) is 59.5 Å². The molecule has 0 heterocycles. The fraction of sp³-hybridized carbons (Fsp3) is 0.481. The van der Waals surface area contributed by atoms with Crippen LogP contribution in [-0.2, 0) is 30.7 Å². The number of amides is 1. The predicted octanol–water partition coefficient (Wildman–Crippen LogP) is 2.99. The minimum absolute atomic E-state index is 0.0154. The summed E-state index contributed by atoms with van der Waals surface area (Å²) in [5.41, 5.74) is 0.810. The van der Waals surface area contributed by atoms with Gasteiger partial charge in [0.05, 0.1) is 31.3 Å². The third-order valence-corrected chi connectivity index (χ3v) is 8.03. The topological polar surface area (TPSA) is 131 Å². The van der Waals surface area contributed by atoms with Crippen LogP contribution >= 0.6 is 0 Å². The first kappa shape index (κ1) is 31.1. The van der Waals surface area contributed by atoms with E-state index < -0.39 is 40.3 Å². The molecule has 11 heteroatoms. The second-order valence-electron chi connectivity index (χ2n) is 9.09. The lowest BCUT2D eigenvalue weighted by Gasteiger charge is -2.31. The monoisotopic (exact) mass is 550 g/mol. The summed E-state index contributed by atoms with van der Waals surface area (Å²) in [7, 11) is -1.31. The third-order valence-electron chi connectivity index (χ3n) is 6.18. The Balaban J connectivity index is 2.32. The van der Waals surface area contributed by atoms with Crippen molar-refractivity contribution in [3.63, 3.8) is 0 Å². The zero-order chi connectivity index (χ0) is 28.3. The number of nitrogens with zero attached hydrogens (tertiary/aromatic N) is 1. The average molecular weight is 551 g/mol. The first-order chi connectivity index (χ1) is 18.0. The number of hydrogen-bond acceptors (Lipinski definition) is 8. The number of ether oxygens (including phenoxy) is 3. The number of aliphatic hydroxyl groups is 1. The van der Waals surface area contributed by atoms with Crippen molar-refractivity contribution in [2.45, 2.75) is 56.8 Å². The van der Waals surface area contributed by atoms with Gasteiger partial charge in [-0.15, -0.1) is 0 Å². The van der Waals surface area contributed by atoms with Crippen molar-refractivity contribution < 1.29 is 37.3 Å². The summed E-state index contributed by atoms with van der Waals surface area (Å²) in [6.45, 7) is 5.14. The van der Waals surface area contributed by atoms with E-state index >= 15 is 0 Å². The normalized spacial score (nSPS) is 14.7. The van der Waals surface area contributed by atoms with Crippen molar-refractivity contribution >= 4 is 22.1 Å². The smallest absolute Gasteiger partial charge is 0.408 e. The molecule has 1 amide bonds. The summed E-state index contributed by atoms with van der Waals surface area (Å²) in [4.78, 5) is 24.3. The zero-order valence-corrected chi connectivity index (χ0v) is 23.3. The molecule has 2 aromatic rings. The highest BCUT2D eigenvalue weighted by atomic mass is 32.2. The van der Waals surface area contributed by atoms with E-state index in [1.165, 1.54) is 37.6 Å². The van der Waals surface area contributed by atoms with Gasteiger partial charge in [0.1, 0.15) is 5.75 Å². The molecule has 0 aliphatic carbocycles. The average Bonchev–Trinajstić information content (AvgIpc) is 2.92. The van der Waals surface area contributed by atoms with Crippen molar-refractivity contribution in [3.05, 3.63) is 60.2 Å². The van der Waals surface area contributed by atoms with E-state index in [9.17, 15) is 23.1 Å². The molecular weight excluding hydrogens is 512 g/mol. The van der Waals surface area contributed by atoms with Gasteiger partial charge in [0, 0.05) is 13.1 Å². The fourth-order valence-electron chi connectivity index (χ4n) is 3.69. The second kappa shape index (κ2) is 14.7. The van der Waals surface area contributed by atoms with Gasteiger partial charge in [-0.3, -0.25) is 0 Å². The van der Waals surface area contributed by atoms with E-state index in [2.05, 4.69) is 10.1 Å². The van der Waals surface area contributed by atoms with E-state index in [1.807, 2.05) is 44.2 Å². The van der Waals surface area contributed by atoms with Crippen LogP contribution in [0, 0.1) is 5.92 Å². The van der Waals surface area contributed by atoms with Crippen LogP contribution in [0.25, 0.3) is 0 Å². The van der Waals surface area contributed by atoms with E-state index in [4.69, 9.17) is 9.47 Å². The summed E-state index contributed by atoms with van der Waals surface area (Å²) in [6.07, 6.45) is -2.47. The molecule has 0 bridgehead atoms. The van der Waals surface area contributed by atoms with Crippen LogP contribution in [0.3, 0.4) is 0 Å². The van der Waals surface area contributed by atoms with Crippen LogP contribution in [0.4, 0.5) is 4.79 Å². The standard InChI is InChI=1S/C27H38N2O8S/c1-6-19(2)17-29(38(33,34)23-14-12-22(35-4)13-15-23)18-25(30)24(16-21-10-8-7-9-11-21)28-27(32)37-20(3)26(31)36-5/h7-15,19-20,24-25,30H,6,16-18H2,1-5H3,(H,28,32)/t19-,20+,24+,25-/m1/s1. The van der Waals surface area contributed by atoms with Crippen LogP contribution < -0.4 is 10.1 Å². The number of carbonyl (C=O) groups is 2. The van der Waals surface area contributed by atoms with E-state index in [0.717, 1.165) is 12.0 Å². The number of hydrogen-bond donors (Lipinski definition) is 2. The van der Waals surface area contributed by atoms with Gasteiger partial charge >= 0.3 is 12.1 Å². The minimum Gasteiger partial charge on any atom is -0.497 e. The number of nitrogens with one attached hydrogen (secondary N) is 1. The number of esters is 1. The molecule has 0 spiro atoms. The predicted molar refractivity (Wildman–Crippen MR) is 142 cm³/mol. The molecule has 0 aromatic heterocycles. The number of benzene rings is 2. The third kappa shape index (κ3) is 9.00. The summed E-state index contributed by atoms with van der Waals surface area (Å²) in [6, 6.07) is 14.2.